The Kier molecular flexibility index (Phi) is 5.20. The third-order valence-electron chi connectivity index (χ3n) is 5.64. The minimum Gasteiger partial charge on any atom is -0.458 e. The second-order valence-electron chi connectivity index (χ2n) is 7.62. The van der Waals surface area contributed by atoms with Gasteiger partial charge >= 0.3 is 5.97 Å². The number of aryl methyl sites for hydroxylation is 1. The first kappa shape index (κ1) is 18.1. The van der Waals surface area contributed by atoms with Crippen molar-refractivity contribution in [2.45, 2.75) is 45.6 Å². The molecule has 2 bridgehead atoms. The summed E-state index contributed by atoms with van der Waals surface area (Å²) in [4.78, 5) is 24.4. The van der Waals surface area contributed by atoms with Crippen LogP contribution in [0, 0.1) is 24.7 Å². The largest absolute Gasteiger partial charge is 0.458 e. The van der Waals surface area contributed by atoms with Gasteiger partial charge in [0.25, 0.3) is 5.91 Å². The molecule has 2 fully saturated rings. The SMILES string of the molecule is Cc1ccc(NC(=O)c2nnc(COC(=O)CC3CC4CCC3C4)s2)cc1. The number of rotatable bonds is 6. The number of benzene rings is 1. The molecule has 27 heavy (non-hydrogen) atoms. The first-order valence-electron chi connectivity index (χ1n) is 9.43. The number of esters is 1. The molecule has 1 aromatic carbocycles. The van der Waals surface area contributed by atoms with Gasteiger partial charge in [0.15, 0.2) is 5.01 Å². The molecule has 2 saturated carbocycles. The Morgan fingerprint density at radius 2 is 2.00 bits per heavy atom. The standard InChI is InChI=1S/C20H23N3O3S/c1-12-2-6-16(7-3-12)21-19(25)20-23-22-17(27-20)11-26-18(24)10-15-9-13-4-5-14(15)8-13/h2-3,6-7,13-15H,4-5,8-11H2,1H3,(H,21,25). The van der Waals surface area contributed by atoms with Crippen LogP contribution < -0.4 is 5.32 Å². The van der Waals surface area contributed by atoms with E-state index in [1.165, 1.54) is 25.7 Å². The summed E-state index contributed by atoms with van der Waals surface area (Å²) in [7, 11) is 0. The lowest BCUT2D eigenvalue weighted by atomic mass is 9.86. The Hall–Kier alpha value is -2.28. The van der Waals surface area contributed by atoms with E-state index in [9.17, 15) is 9.59 Å². The molecule has 1 N–H and O–H groups in total. The first-order valence-corrected chi connectivity index (χ1v) is 10.2. The number of hydrogen-bond acceptors (Lipinski definition) is 6. The van der Waals surface area contributed by atoms with Gasteiger partial charge in [0.1, 0.15) is 6.61 Å². The van der Waals surface area contributed by atoms with Gasteiger partial charge < -0.3 is 10.1 Å². The lowest BCUT2D eigenvalue weighted by molar-refractivity contribution is -0.146. The molecule has 2 aliphatic rings. The molecule has 0 aliphatic heterocycles. The monoisotopic (exact) mass is 385 g/mol. The van der Waals surface area contributed by atoms with Gasteiger partial charge in [-0.25, -0.2) is 0 Å². The van der Waals surface area contributed by atoms with E-state index in [0.29, 0.717) is 29.0 Å². The average Bonchev–Trinajstić information content (AvgIpc) is 3.38. The van der Waals surface area contributed by atoms with Gasteiger partial charge in [-0.3, -0.25) is 9.59 Å². The lowest BCUT2D eigenvalue weighted by Gasteiger charge is -2.20. The zero-order valence-electron chi connectivity index (χ0n) is 15.3. The van der Waals surface area contributed by atoms with Crippen LogP contribution in [-0.2, 0) is 16.1 Å². The Balaban J connectivity index is 1.25. The van der Waals surface area contributed by atoms with Crippen LogP contribution in [0.4, 0.5) is 5.69 Å². The van der Waals surface area contributed by atoms with Crippen LogP contribution in [0.2, 0.25) is 0 Å². The van der Waals surface area contributed by atoms with Crippen molar-refractivity contribution >= 4 is 28.9 Å². The molecule has 1 heterocycles. The molecule has 142 valence electrons. The molecule has 6 nitrogen and oxygen atoms in total. The maximum absolute atomic E-state index is 12.2. The second kappa shape index (κ2) is 7.76. The smallest absolute Gasteiger partial charge is 0.306 e. The fourth-order valence-corrected chi connectivity index (χ4v) is 4.91. The van der Waals surface area contributed by atoms with Crippen LogP contribution in [0.5, 0.6) is 0 Å². The second-order valence-corrected chi connectivity index (χ2v) is 8.68. The summed E-state index contributed by atoms with van der Waals surface area (Å²) in [5.41, 5.74) is 1.83. The predicted octanol–water partition coefficient (Wildman–Crippen LogP) is 3.97. The van der Waals surface area contributed by atoms with E-state index in [1.807, 2.05) is 31.2 Å². The van der Waals surface area contributed by atoms with Crippen LogP contribution in [0.15, 0.2) is 24.3 Å². The van der Waals surface area contributed by atoms with Crippen molar-refractivity contribution in [3.8, 4) is 0 Å². The minimum atomic E-state index is -0.309. The van der Waals surface area contributed by atoms with Crippen molar-refractivity contribution in [2.75, 3.05) is 5.32 Å². The molecule has 2 aliphatic carbocycles. The van der Waals surface area contributed by atoms with Crippen LogP contribution >= 0.6 is 11.3 Å². The quantitative estimate of drug-likeness (QED) is 0.761. The number of carbonyl (C=O) groups excluding carboxylic acids is 2. The molecule has 1 aromatic heterocycles. The highest BCUT2D eigenvalue weighted by molar-refractivity contribution is 7.13. The van der Waals surface area contributed by atoms with Crippen molar-refractivity contribution in [1.29, 1.82) is 0 Å². The highest BCUT2D eigenvalue weighted by Gasteiger charge is 2.40. The molecule has 3 unspecified atom stereocenters. The number of aromatic nitrogens is 2. The molecule has 2 aromatic rings. The van der Waals surface area contributed by atoms with Gasteiger partial charge in [-0.05, 0) is 56.1 Å². The van der Waals surface area contributed by atoms with Gasteiger partial charge in [0.05, 0.1) is 0 Å². The van der Waals surface area contributed by atoms with Crippen molar-refractivity contribution in [1.82, 2.24) is 10.2 Å². The molecule has 0 spiro atoms. The zero-order chi connectivity index (χ0) is 18.8. The van der Waals surface area contributed by atoms with Gasteiger partial charge in [-0.2, -0.15) is 0 Å². The summed E-state index contributed by atoms with van der Waals surface area (Å²) < 4.78 is 5.36. The highest BCUT2D eigenvalue weighted by atomic mass is 32.1. The van der Waals surface area contributed by atoms with Crippen molar-refractivity contribution in [2.24, 2.45) is 17.8 Å². The van der Waals surface area contributed by atoms with Crippen LogP contribution in [0.1, 0.15) is 52.5 Å². The van der Waals surface area contributed by atoms with Crippen molar-refractivity contribution < 1.29 is 14.3 Å². The Morgan fingerprint density at radius 1 is 1.19 bits per heavy atom. The molecule has 7 heteroatoms. The number of carbonyl (C=O) groups is 2. The summed E-state index contributed by atoms with van der Waals surface area (Å²) in [6, 6.07) is 7.53. The topological polar surface area (TPSA) is 81.2 Å². The van der Waals surface area contributed by atoms with E-state index in [-0.39, 0.29) is 23.5 Å². The Bertz CT molecular complexity index is 833. The predicted molar refractivity (Wildman–Crippen MR) is 102 cm³/mol. The summed E-state index contributed by atoms with van der Waals surface area (Å²) in [5.74, 6) is 1.54. The molecule has 1 amide bonds. The van der Waals surface area contributed by atoms with Crippen LogP contribution in [0.3, 0.4) is 0 Å². The maximum atomic E-state index is 12.2. The van der Waals surface area contributed by atoms with Gasteiger partial charge in [-0.15, -0.1) is 10.2 Å². The number of amides is 1. The highest BCUT2D eigenvalue weighted by Crippen LogP contribution is 2.49. The Morgan fingerprint density at radius 3 is 2.70 bits per heavy atom. The van der Waals surface area contributed by atoms with Gasteiger partial charge in [0.2, 0.25) is 5.01 Å². The molecular weight excluding hydrogens is 362 g/mol. The fraction of sp³-hybridized carbons (Fsp3) is 0.500. The van der Waals surface area contributed by atoms with Gasteiger partial charge in [0, 0.05) is 12.1 Å². The van der Waals surface area contributed by atoms with Crippen LogP contribution in [0.25, 0.3) is 0 Å². The van der Waals surface area contributed by atoms with Crippen LogP contribution in [-0.4, -0.2) is 22.1 Å². The van der Waals surface area contributed by atoms with Gasteiger partial charge in [-0.1, -0.05) is 35.5 Å². The Labute approximate surface area is 162 Å². The minimum absolute atomic E-state index is 0.0785. The molecule has 0 saturated heterocycles. The summed E-state index contributed by atoms with van der Waals surface area (Å²) in [6.07, 6.45) is 5.54. The third-order valence-corrected chi connectivity index (χ3v) is 6.54. The van der Waals surface area contributed by atoms with Crippen molar-refractivity contribution in [3.05, 3.63) is 39.8 Å². The molecule has 4 rings (SSSR count). The van der Waals surface area contributed by atoms with E-state index in [0.717, 1.165) is 22.8 Å². The zero-order valence-corrected chi connectivity index (χ0v) is 16.1. The van der Waals surface area contributed by atoms with E-state index in [2.05, 4.69) is 15.5 Å². The summed E-state index contributed by atoms with van der Waals surface area (Å²) >= 11 is 1.15. The number of nitrogens with zero attached hydrogens (tertiary/aromatic N) is 2. The summed E-state index contributed by atoms with van der Waals surface area (Å²) in [5, 5.41) is 11.5. The van der Waals surface area contributed by atoms with E-state index >= 15 is 0 Å². The molecule has 0 radical (unpaired) electrons. The number of anilines is 1. The first-order chi connectivity index (χ1) is 13.1. The summed E-state index contributed by atoms with van der Waals surface area (Å²) in [6.45, 7) is 2.07. The molecule has 3 atom stereocenters. The fourth-order valence-electron chi connectivity index (χ4n) is 4.27. The normalized spacial score (nSPS) is 23.4. The van der Waals surface area contributed by atoms with E-state index in [1.54, 1.807) is 0 Å². The maximum Gasteiger partial charge on any atom is 0.306 e. The number of fused-ring (bicyclic) bond motifs is 2. The van der Waals surface area contributed by atoms with E-state index < -0.39 is 0 Å². The number of ether oxygens (including phenoxy) is 1. The average molecular weight is 385 g/mol. The number of nitrogens with one attached hydrogen (secondary N) is 1. The number of hydrogen-bond donors (Lipinski definition) is 1. The van der Waals surface area contributed by atoms with E-state index in [4.69, 9.17) is 4.74 Å². The third kappa shape index (κ3) is 4.35. The van der Waals surface area contributed by atoms with Crippen molar-refractivity contribution in [3.63, 3.8) is 0 Å². The molecular formula is C20H23N3O3S. The lowest BCUT2D eigenvalue weighted by Crippen LogP contribution is -2.16.